The summed E-state index contributed by atoms with van der Waals surface area (Å²) in [5.74, 6) is -1.02. The summed E-state index contributed by atoms with van der Waals surface area (Å²) in [6.07, 6.45) is 6.26. The number of aliphatic hydroxyl groups is 4. The average molecular weight is 503 g/mol. The van der Waals surface area contributed by atoms with E-state index in [4.69, 9.17) is 0 Å². The predicted molar refractivity (Wildman–Crippen MR) is 138 cm³/mol. The van der Waals surface area contributed by atoms with Gasteiger partial charge < -0.3 is 20.4 Å². The zero-order valence-corrected chi connectivity index (χ0v) is 23.3. The highest BCUT2D eigenvalue weighted by Gasteiger charge is 2.72. The van der Waals surface area contributed by atoms with Crippen LogP contribution in [-0.2, 0) is 9.59 Å². The van der Waals surface area contributed by atoms with E-state index < -0.39 is 45.9 Å². The lowest BCUT2D eigenvalue weighted by Gasteiger charge is -2.65. The zero-order chi connectivity index (χ0) is 27.3. The third-order valence-electron chi connectivity index (χ3n) is 11.3. The molecule has 0 saturated heterocycles. The van der Waals surface area contributed by atoms with E-state index in [1.165, 1.54) is 19.1 Å². The fourth-order valence-electron chi connectivity index (χ4n) is 9.24. The summed E-state index contributed by atoms with van der Waals surface area (Å²) in [5, 5.41) is 43.8. The van der Waals surface area contributed by atoms with E-state index in [2.05, 4.69) is 26.8 Å². The van der Waals surface area contributed by atoms with Crippen LogP contribution in [0.15, 0.2) is 23.8 Å². The zero-order valence-electron chi connectivity index (χ0n) is 23.3. The summed E-state index contributed by atoms with van der Waals surface area (Å²) in [5.41, 5.74) is -3.54. The molecular formula is C30H46O6. The molecule has 0 radical (unpaired) electrons. The highest BCUT2D eigenvalue weighted by Crippen LogP contribution is 2.75. The van der Waals surface area contributed by atoms with Crippen LogP contribution in [0.25, 0.3) is 0 Å². The molecule has 202 valence electrons. The molecule has 3 saturated carbocycles. The van der Waals surface area contributed by atoms with E-state index in [1.807, 2.05) is 13.8 Å². The van der Waals surface area contributed by atoms with Crippen molar-refractivity contribution in [1.82, 2.24) is 0 Å². The third kappa shape index (κ3) is 3.65. The number of hydrogen-bond donors (Lipinski definition) is 4. The smallest absolute Gasteiger partial charge is 0.187 e. The highest BCUT2D eigenvalue weighted by molar-refractivity contribution is 5.97. The SMILES string of the molecule is CC(C)(O)C=CC(=O)C(C)(O)C1C(O)CC2(C)C3CC=C4C(CC(O)C(=O)C4(C)C)C3(C)CCC12C. The van der Waals surface area contributed by atoms with Gasteiger partial charge in [-0.15, -0.1) is 0 Å². The summed E-state index contributed by atoms with van der Waals surface area (Å²) in [6.45, 7) is 15.1. The number of carbonyl (C=O) groups is 2. The van der Waals surface area contributed by atoms with Crippen molar-refractivity contribution in [3.8, 4) is 0 Å². The van der Waals surface area contributed by atoms with Gasteiger partial charge in [0, 0.05) is 11.3 Å². The molecule has 0 amide bonds. The monoisotopic (exact) mass is 502 g/mol. The van der Waals surface area contributed by atoms with Gasteiger partial charge in [0.05, 0.1) is 11.7 Å². The van der Waals surface area contributed by atoms with Crippen molar-refractivity contribution in [3.05, 3.63) is 23.8 Å². The molecule has 0 aromatic rings. The van der Waals surface area contributed by atoms with E-state index >= 15 is 0 Å². The molecule has 0 aromatic heterocycles. The van der Waals surface area contributed by atoms with Crippen LogP contribution in [0.3, 0.4) is 0 Å². The minimum Gasteiger partial charge on any atom is -0.393 e. The van der Waals surface area contributed by atoms with Crippen LogP contribution in [0.5, 0.6) is 0 Å². The number of carbonyl (C=O) groups excluding carboxylic acids is 2. The quantitative estimate of drug-likeness (QED) is 0.344. The molecular weight excluding hydrogens is 456 g/mol. The first-order chi connectivity index (χ1) is 16.2. The van der Waals surface area contributed by atoms with Gasteiger partial charge in [-0.25, -0.2) is 0 Å². The van der Waals surface area contributed by atoms with Gasteiger partial charge >= 0.3 is 0 Å². The molecule has 4 N–H and O–H groups in total. The number of hydrogen-bond acceptors (Lipinski definition) is 6. The van der Waals surface area contributed by atoms with E-state index in [1.54, 1.807) is 13.8 Å². The average Bonchev–Trinajstić information content (AvgIpc) is 2.96. The number of fused-ring (bicyclic) bond motifs is 5. The van der Waals surface area contributed by atoms with Crippen LogP contribution in [0.2, 0.25) is 0 Å². The second-order valence-corrected chi connectivity index (χ2v) is 14.3. The minimum atomic E-state index is -1.79. The van der Waals surface area contributed by atoms with Crippen LogP contribution in [-0.4, -0.2) is 55.4 Å². The maximum Gasteiger partial charge on any atom is 0.187 e. The number of aliphatic hydroxyl groups excluding tert-OH is 2. The molecule has 9 atom stereocenters. The van der Waals surface area contributed by atoms with Crippen molar-refractivity contribution in [2.75, 3.05) is 0 Å². The summed E-state index contributed by atoms with van der Waals surface area (Å²) in [6, 6.07) is 0. The summed E-state index contributed by atoms with van der Waals surface area (Å²) in [7, 11) is 0. The van der Waals surface area contributed by atoms with Gasteiger partial charge in [0.25, 0.3) is 0 Å². The molecule has 4 rings (SSSR count). The number of Topliss-reactive ketones (excluding diaryl/α,β-unsaturated/α-hetero) is 1. The molecule has 6 nitrogen and oxygen atoms in total. The second kappa shape index (κ2) is 8.08. The van der Waals surface area contributed by atoms with Gasteiger partial charge in [0.1, 0.15) is 11.7 Å². The van der Waals surface area contributed by atoms with Crippen LogP contribution < -0.4 is 0 Å². The van der Waals surface area contributed by atoms with Gasteiger partial charge in [0.15, 0.2) is 11.6 Å². The van der Waals surface area contributed by atoms with Crippen LogP contribution in [0, 0.1) is 39.4 Å². The standard InChI is InChI=1S/C30H46O6/c1-25(2,35)12-11-22(33)30(8,36)23-20(32)16-29(7)21-10-9-17-18(15-19(31)24(34)26(17,3)4)27(21,5)13-14-28(23,29)6/h9,11-12,18-21,23,31-32,35-36H,10,13-16H2,1-8H3. The molecule has 6 heteroatoms. The normalized spacial score (nSPS) is 45.9. The molecule has 36 heavy (non-hydrogen) atoms. The molecule has 3 fully saturated rings. The lowest BCUT2D eigenvalue weighted by atomic mass is 9.39. The highest BCUT2D eigenvalue weighted by atomic mass is 16.3. The van der Waals surface area contributed by atoms with Gasteiger partial charge in [-0.3, -0.25) is 9.59 Å². The maximum atomic E-state index is 13.2. The fourth-order valence-corrected chi connectivity index (χ4v) is 9.24. The molecule has 4 aliphatic rings. The molecule has 0 spiro atoms. The van der Waals surface area contributed by atoms with Crippen molar-refractivity contribution in [1.29, 1.82) is 0 Å². The van der Waals surface area contributed by atoms with E-state index in [9.17, 15) is 30.0 Å². The second-order valence-electron chi connectivity index (χ2n) is 14.3. The minimum absolute atomic E-state index is 0.0772. The van der Waals surface area contributed by atoms with Gasteiger partial charge in [-0.1, -0.05) is 38.5 Å². The third-order valence-corrected chi connectivity index (χ3v) is 11.3. The van der Waals surface area contributed by atoms with Crippen molar-refractivity contribution < 1.29 is 30.0 Å². The fraction of sp³-hybridized carbons (Fsp3) is 0.800. The van der Waals surface area contributed by atoms with Crippen LogP contribution in [0.1, 0.15) is 87.5 Å². The summed E-state index contributed by atoms with van der Waals surface area (Å²) < 4.78 is 0. The van der Waals surface area contributed by atoms with Crippen molar-refractivity contribution in [2.45, 2.75) is 111 Å². The first-order valence-electron chi connectivity index (χ1n) is 13.5. The lowest BCUT2D eigenvalue weighted by molar-refractivity contribution is -0.176. The Morgan fingerprint density at radius 3 is 2.22 bits per heavy atom. The van der Waals surface area contributed by atoms with Gasteiger partial charge in [-0.2, -0.15) is 0 Å². The Hall–Kier alpha value is -1.34. The van der Waals surface area contributed by atoms with Crippen LogP contribution in [0.4, 0.5) is 0 Å². The Bertz CT molecular complexity index is 1010. The first kappa shape index (κ1) is 27.7. The summed E-state index contributed by atoms with van der Waals surface area (Å²) in [4.78, 5) is 26.0. The molecule has 0 bridgehead atoms. The topological polar surface area (TPSA) is 115 Å². The molecule has 0 heterocycles. The maximum absolute atomic E-state index is 13.2. The first-order valence-corrected chi connectivity index (χ1v) is 13.5. The predicted octanol–water partition coefficient (Wildman–Crippen LogP) is 3.75. The van der Waals surface area contributed by atoms with Gasteiger partial charge in [-0.05, 0) is 101 Å². The number of rotatable bonds is 4. The molecule has 9 unspecified atom stereocenters. The Labute approximate surface area is 215 Å². The summed E-state index contributed by atoms with van der Waals surface area (Å²) >= 11 is 0. The Balaban J connectivity index is 1.75. The van der Waals surface area contributed by atoms with Crippen molar-refractivity contribution >= 4 is 11.6 Å². The van der Waals surface area contributed by atoms with Crippen molar-refractivity contribution in [2.24, 2.45) is 39.4 Å². The number of allylic oxidation sites excluding steroid dienone is 2. The van der Waals surface area contributed by atoms with Gasteiger partial charge in [0.2, 0.25) is 0 Å². The Morgan fingerprint density at radius 2 is 1.64 bits per heavy atom. The largest absolute Gasteiger partial charge is 0.393 e. The van der Waals surface area contributed by atoms with E-state index in [0.717, 1.165) is 24.8 Å². The lowest BCUT2D eigenvalue weighted by Crippen LogP contribution is -2.62. The van der Waals surface area contributed by atoms with Crippen LogP contribution >= 0.6 is 0 Å². The number of ketones is 2. The molecule has 0 aliphatic heterocycles. The molecule has 4 aliphatic carbocycles. The van der Waals surface area contributed by atoms with E-state index in [-0.39, 0.29) is 28.4 Å². The Morgan fingerprint density at radius 1 is 1.03 bits per heavy atom. The van der Waals surface area contributed by atoms with E-state index in [0.29, 0.717) is 12.8 Å². The molecule has 0 aromatic carbocycles. The van der Waals surface area contributed by atoms with Crippen molar-refractivity contribution in [3.63, 3.8) is 0 Å². The Kier molecular flexibility index (Phi) is 6.21.